The van der Waals surface area contributed by atoms with Crippen LogP contribution in [0.3, 0.4) is 0 Å². The maximum absolute atomic E-state index is 10.1. The first-order valence-electron chi connectivity index (χ1n) is 2.95. The minimum atomic E-state index is -4.64. The Morgan fingerprint density at radius 3 is 1.92 bits per heavy atom. The third kappa shape index (κ3) is 33.8. The number of carbonyl (C=O) groups is 1. The number of carbonyl (C=O) groups excluding carboxylic acids is 1. The number of hydrogen-bond donors (Lipinski definition) is 4. The Balaban J connectivity index is 0. The molecule has 0 aromatic carbocycles. The van der Waals surface area contributed by atoms with Gasteiger partial charge in [0.2, 0.25) is 0 Å². The maximum atomic E-state index is 10.1. The van der Waals surface area contributed by atoms with E-state index in [1.54, 1.807) is 6.92 Å². The van der Waals surface area contributed by atoms with Gasteiger partial charge in [-0.2, -0.15) is 0 Å². The summed E-state index contributed by atoms with van der Waals surface area (Å²) in [6.45, 7) is 2.14. The van der Waals surface area contributed by atoms with Crippen molar-refractivity contribution in [2.24, 2.45) is 5.73 Å². The normalized spacial score (nSPS) is 9.75. The lowest BCUT2D eigenvalue weighted by Gasteiger charge is -1.93. The Morgan fingerprint density at radius 1 is 1.50 bits per heavy atom. The van der Waals surface area contributed by atoms with Crippen LogP contribution >= 0.6 is 7.82 Å². The minimum Gasteiger partial charge on any atom is -0.465 e. The summed E-state index contributed by atoms with van der Waals surface area (Å²) in [5.41, 5.74) is 4.88. The van der Waals surface area contributed by atoms with E-state index in [0.717, 1.165) is 0 Å². The van der Waals surface area contributed by atoms with Crippen LogP contribution in [0.5, 0.6) is 0 Å². The topological polar surface area (TPSA) is 130 Å². The molecule has 0 aliphatic heterocycles. The lowest BCUT2D eigenvalue weighted by atomic mass is 10.7. The molecule has 0 aromatic heterocycles. The first-order valence-corrected chi connectivity index (χ1v) is 4.51. The highest BCUT2D eigenvalue weighted by Gasteiger charge is 2.00. The van der Waals surface area contributed by atoms with Gasteiger partial charge >= 0.3 is 13.8 Å². The first-order chi connectivity index (χ1) is 5.31. The molecule has 0 aliphatic rings. The Bertz CT molecular complexity index is 157. The van der Waals surface area contributed by atoms with Crippen molar-refractivity contribution in [1.29, 1.82) is 0 Å². The molecule has 0 aliphatic carbocycles. The molecule has 0 amide bonds. The molecule has 7 nitrogen and oxygen atoms in total. The van der Waals surface area contributed by atoms with Crippen molar-refractivity contribution < 1.29 is 28.8 Å². The standard InChI is InChI=1S/C4H9NO2.H3O4P/c1-2-7-4(6)3-5;1-5(2,3)4/h2-3,5H2,1H3;(H3,1,2,3,4). The largest absolute Gasteiger partial charge is 0.466 e. The van der Waals surface area contributed by atoms with E-state index >= 15 is 0 Å². The van der Waals surface area contributed by atoms with E-state index in [-0.39, 0.29) is 12.5 Å². The molecule has 0 bridgehead atoms. The Morgan fingerprint density at radius 2 is 1.83 bits per heavy atom. The predicted molar refractivity (Wildman–Crippen MR) is 40.0 cm³/mol. The van der Waals surface area contributed by atoms with E-state index in [1.807, 2.05) is 0 Å². The van der Waals surface area contributed by atoms with Crippen molar-refractivity contribution in [2.45, 2.75) is 6.92 Å². The third-order valence-corrected chi connectivity index (χ3v) is 0.472. The highest BCUT2D eigenvalue weighted by molar-refractivity contribution is 7.45. The summed E-state index contributed by atoms with van der Waals surface area (Å²) in [7, 11) is -4.64. The van der Waals surface area contributed by atoms with Crippen LogP contribution in [0.25, 0.3) is 0 Å². The second-order valence-electron chi connectivity index (χ2n) is 1.52. The van der Waals surface area contributed by atoms with Crippen LogP contribution in [0.15, 0.2) is 0 Å². The van der Waals surface area contributed by atoms with Gasteiger partial charge in [0.25, 0.3) is 0 Å². The van der Waals surface area contributed by atoms with Gasteiger partial charge in [0.15, 0.2) is 0 Å². The zero-order valence-electron chi connectivity index (χ0n) is 6.51. The molecule has 0 saturated heterocycles. The molecule has 8 heteroatoms. The fraction of sp³-hybridized carbons (Fsp3) is 0.750. The van der Waals surface area contributed by atoms with E-state index in [4.69, 9.17) is 25.0 Å². The van der Waals surface area contributed by atoms with Crippen molar-refractivity contribution in [3.63, 3.8) is 0 Å². The summed E-state index contributed by atoms with van der Waals surface area (Å²) in [6.07, 6.45) is 0. The van der Waals surface area contributed by atoms with Gasteiger partial charge in [0.1, 0.15) is 0 Å². The highest BCUT2D eigenvalue weighted by atomic mass is 31.2. The van der Waals surface area contributed by atoms with E-state index < -0.39 is 7.82 Å². The molecular formula is C4H12NO6P. The molecular weight excluding hydrogens is 189 g/mol. The lowest BCUT2D eigenvalue weighted by Crippen LogP contribution is -2.16. The van der Waals surface area contributed by atoms with Gasteiger partial charge in [-0.05, 0) is 6.92 Å². The van der Waals surface area contributed by atoms with Crippen molar-refractivity contribution in [3.05, 3.63) is 0 Å². The molecule has 5 N–H and O–H groups in total. The van der Waals surface area contributed by atoms with E-state index in [0.29, 0.717) is 6.61 Å². The average Bonchev–Trinajstić information content (AvgIpc) is 1.85. The highest BCUT2D eigenvalue weighted by Crippen LogP contribution is 2.25. The second kappa shape index (κ2) is 7.20. The summed E-state index contributed by atoms with van der Waals surface area (Å²) in [5.74, 6) is -0.345. The predicted octanol–water partition coefficient (Wildman–Crippen LogP) is -1.42. The summed E-state index contributed by atoms with van der Waals surface area (Å²) < 4.78 is 13.3. The van der Waals surface area contributed by atoms with Crippen LogP contribution < -0.4 is 5.73 Å². The van der Waals surface area contributed by atoms with Crippen LogP contribution in [0.1, 0.15) is 6.92 Å². The second-order valence-corrected chi connectivity index (χ2v) is 2.55. The Labute approximate surface area is 69.4 Å². The number of hydrogen-bond acceptors (Lipinski definition) is 4. The average molecular weight is 201 g/mol. The number of ether oxygens (including phenoxy) is 1. The van der Waals surface area contributed by atoms with Gasteiger partial charge in [-0.3, -0.25) is 4.79 Å². The summed E-state index contributed by atoms with van der Waals surface area (Å²) in [5, 5.41) is 0. The third-order valence-electron chi connectivity index (χ3n) is 0.472. The molecule has 0 saturated carbocycles. The molecule has 0 fully saturated rings. The SMILES string of the molecule is CCOC(=O)CN.O=P(O)(O)O. The molecule has 0 rings (SSSR count). The van der Waals surface area contributed by atoms with Crippen LogP contribution in [0.4, 0.5) is 0 Å². The van der Waals surface area contributed by atoms with Crippen molar-refractivity contribution in [3.8, 4) is 0 Å². The molecule has 12 heavy (non-hydrogen) atoms. The summed E-state index contributed by atoms with van der Waals surface area (Å²) in [6, 6.07) is 0. The quantitative estimate of drug-likeness (QED) is 0.318. The first kappa shape index (κ1) is 14.1. The zero-order valence-corrected chi connectivity index (χ0v) is 7.40. The number of rotatable bonds is 2. The number of nitrogens with two attached hydrogens (primary N) is 1. The molecule has 0 spiro atoms. The molecule has 0 radical (unpaired) electrons. The molecule has 0 unspecified atom stereocenters. The molecule has 0 atom stereocenters. The van der Waals surface area contributed by atoms with Crippen LogP contribution in [-0.2, 0) is 14.1 Å². The van der Waals surface area contributed by atoms with Crippen LogP contribution in [0.2, 0.25) is 0 Å². The van der Waals surface area contributed by atoms with Gasteiger partial charge in [0, 0.05) is 0 Å². The van der Waals surface area contributed by atoms with Crippen LogP contribution in [-0.4, -0.2) is 33.8 Å². The summed E-state index contributed by atoms with van der Waals surface area (Å²) in [4.78, 5) is 31.6. The molecule has 0 aromatic rings. The fourth-order valence-corrected chi connectivity index (χ4v) is 0.220. The van der Waals surface area contributed by atoms with Gasteiger partial charge in [0.05, 0.1) is 13.2 Å². The molecule has 74 valence electrons. The van der Waals surface area contributed by atoms with E-state index in [2.05, 4.69) is 4.74 Å². The Kier molecular flexibility index (Phi) is 8.46. The molecule has 0 heterocycles. The van der Waals surface area contributed by atoms with Crippen LogP contribution in [0, 0.1) is 0 Å². The van der Waals surface area contributed by atoms with Crippen molar-refractivity contribution in [2.75, 3.05) is 13.2 Å². The van der Waals surface area contributed by atoms with Crippen molar-refractivity contribution in [1.82, 2.24) is 0 Å². The number of esters is 1. The Hall–Kier alpha value is -0.460. The lowest BCUT2D eigenvalue weighted by molar-refractivity contribution is -0.141. The van der Waals surface area contributed by atoms with Gasteiger partial charge in [-0.25, -0.2) is 4.57 Å². The van der Waals surface area contributed by atoms with E-state index in [1.165, 1.54) is 0 Å². The van der Waals surface area contributed by atoms with Gasteiger partial charge < -0.3 is 25.2 Å². The monoisotopic (exact) mass is 201 g/mol. The smallest absolute Gasteiger partial charge is 0.465 e. The zero-order chi connectivity index (χ0) is 10.2. The minimum absolute atomic E-state index is 0.0200. The summed E-state index contributed by atoms with van der Waals surface area (Å²) >= 11 is 0. The fourth-order valence-electron chi connectivity index (χ4n) is 0.220. The van der Waals surface area contributed by atoms with E-state index in [9.17, 15) is 4.79 Å². The maximum Gasteiger partial charge on any atom is 0.466 e. The van der Waals surface area contributed by atoms with Gasteiger partial charge in [-0.1, -0.05) is 0 Å². The van der Waals surface area contributed by atoms with Gasteiger partial charge in [-0.15, -0.1) is 0 Å². The number of phosphoric acid groups is 1. The van der Waals surface area contributed by atoms with Crippen molar-refractivity contribution >= 4 is 13.8 Å².